The lowest BCUT2D eigenvalue weighted by molar-refractivity contribution is 0.399. The Balaban J connectivity index is 1.21. The van der Waals surface area contributed by atoms with E-state index in [1.165, 1.54) is 43.6 Å². The lowest BCUT2D eigenvalue weighted by Crippen LogP contribution is -2.37. The van der Waals surface area contributed by atoms with Crippen LogP contribution < -0.4 is 9.47 Å². The predicted molar refractivity (Wildman–Crippen MR) is 214 cm³/mol. The van der Waals surface area contributed by atoms with Crippen LogP contribution in [0.4, 0.5) is 0 Å². The molecular weight excluding hydrogens is 649 g/mol. The average Bonchev–Trinajstić information content (AvgIpc) is 3.74. The molecule has 4 heterocycles. The van der Waals surface area contributed by atoms with Crippen LogP contribution in [0.3, 0.4) is 0 Å². The Morgan fingerprint density at radius 2 is 0.623 bits per heavy atom. The maximum atomic E-state index is 6.97. The molecule has 0 amide bonds. The second-order valence-corrected chi connectivity index (χ2v) is 14.0. The van der Waals surface area contributed by atoms with E-state index >= 15 is 0 Å². The fraction of sp³-hybridized carbons (Fsp3) is 0.0204. The summed E-state index contributed by atoms with van der Waals surface area (Å²) in [6.07, 6.45) is 0. The van der Waals surface area contributed by atoms with Gasteiger partial charge in [0.2, 0.25) is 0 Å². The standard InChI is InChI=1S/C49H30N2O2/c1-7-19-41-33(13-1)34-14-2-8-20-42(34)50(41)31-25-27-47-39(29-31)49(37-17-5-11-23-45(37)52-46-24-12-6-18-38(46)49)40-30-32(26-28-48(40)53-47)51-43-21-9-3-15-35(43)36-16-4-10-22-44(36)51/h1-30H. The third-order valence-corrected chi connectivity index (χ3v) is 11.4. The van der Waals surface area contributed by atoms with Gasteiger partial charge >= 0.3 is 0 Å². The van der Waals surface area contributed by atoms with Gasteiger partial charge in [-0.25, -0.2) is 0 Å². The van der Waals surface area contributed by atoms with Gasteiger partial charge in [0.05, 0.1) is 27.5 Å². The Hall–Kier alpha value is -7.04. The highest BCUT2D eigenvalue weighted by atomic mass is 16.5. The van der Waals surface area contributed by atoms with Crippen LogP contribution in [0.15, 0.2) is 182 Å². The fourth-order valence-electron chi connectivity index (χ4n) is 9.32. The first-order valence-corrected chi connectivity index (χ1v) is 18.1. The van der Waals surface area contributed by atoms with E-state index in [2.05, 4.69) is 191 Å². The van der Waals surface area contributed by atoms with E-state index in [9.17, 15) is 0 Å². The van der Waals surface area contributed by atoms with E-state index in [-0.39, 0.29) is 0 Å². The highest BCUT2D eigenvalue weighted by Crippen LogP contribution is 2.62. The summed E-state index contributed by atoms with van der Waals surface area (Å²) >= 11 is 0. The fourth-order valence-corrected chi connectivity index (χ4v) is 9.32. The van der Waals surface area contributed by atoms with E-state index in [1.807, 2.05) is 0 Å². The maximum Gasteiger partial charge on any atom is 0.132 e. The molecule has 53 heavy (non-hydrogen) atoms. The summed E-state index contributed by atoms with van der Waals surface area (Å²) in [6, 6.07) is 65.1. The summed E-state index contributed by atoms with van der Waals surface area (Å²) < 4.78 is 18.5. The molecule has 12 rings (SSSR count). The second kappa shape index (κ2) is 10.5. The Kier molecular flexibility index (Phi) is 5.67. The van der Waals surface area contributed by atoms with Crippen molar-refractivity contribution in [1.29, 1.82) is 0 Å². The number of hydrogen-bond donors (Lipinski definition) is 0. The van der Waals surface area contributed by atoms with Crippen LogP contribution in [0, 0.1) is 0 Å². The van der Waals surface area contributed by atoms with Crippen molar-refractivity contribution in [3.63, 3.8) is 0 Å². The molecule has 10 aromatic rings. The van der Waals surface area contributed by atoms with Gasteiger partial charge in [0.15, 0.2) is 0 Å². The minimum atomic E-state index is -0.752. The highest BCUT2D eigenvalue weighted by Gasteiger charge is 2.51. The summed E-state index contributed by atoms with van der Waals surface area (Å²) in [6.45, 7) is 0. The predicted octanol–water partition coefficient (Wildman–Crippen LogP) is 12.5. The lowest BCUT2D eigenvalue weighted by Gasteiger charge is -2.45. The summed E-state index contributed by atoms with van der Waals surface area (Å²) in [5, 5.41) is 4.92. The van der Waals surface area contributed by atoms with Crippen LogP contribution in [0.2, 0.25) is 0 Å². The number of aromatic nitrogens is 2. The molecular formula is C49H30N2O2. The van der Waals surface area contributed by atoms with Crippen molar-refractivity contribution in [3.05, 3.63) is 204 Å². The smallest absolute Gasteiger partial charge is 0.132 e. The van der Waals surface area contributed by atoms with Crippen molar-refractivity contribution >= 4 is 43.6 Å². The van der Waals surface area contributed by atoms with Gasteiger partial charge in [-0.2, -0.15) is 0 Å². The molecule has 0 unspecified atom stereocenters. The second-order valence-electron chi connectivity index (χ2n) is 14.0. The van der Waals surface area contributed by atoms with Crippen molar-refractivity contribution in [1.82, 2.24) is 9.13 Å². The number of nitrogens with zero attached hydrogens (tertiary/aromatic N) is 2. The summed E-state index contributed by atoms with van der Waals surface area (Å²) in [5.74, 6) is 3.35. The van der Waals surface area contributed by atoms with E-state index in [0.29, 0.717) is 0 Å². The zero-order valence-corrected chi connectivity index (χ0v) is 28.5. The van der Waals surface area contributed by atoms with Crippen LogP contribution in [-0.2, 0) is 5.41 Å². The molecule has 0 radical (unpaired) electrons. The van der Waals surface area contributed by atoms with Crippen LogP contribution >= 0.6 is 0 Å². The Labute approximate surface area is 305 Å². The van der Waals surface area contributed by atoms with Gasteiger partial charge in [-0.15, -0.1) is 0 Å². The molecule has 2 aliphatic heterocycles. The monoisotopic (exact) mass is 678 g/mol. The first kappa shape index (κ1) is 28.6. The zero-order chi connectivity index (χ0) is 34.7. The van der Waals surface area contributed by atoms with Gasteiger partial charge in [0, 0.05) is 55.2 Å². The van der Waals surface area contributed by atoms with Gasteiger partial charge < -0.3 is 18.6 Å². The first-order chi connectivity index (χ1) is 26.3. The van der Waals surface area contributed by atoms with Gasteiger partial charge in [0.1, 0.15) is 23.0 Å². The van der Waals surface area contributed by atoms with Gasteiger partial charge in [-0.3, -0.25) is 0 Å². The number of hydrogen-bond acceptors (Lipinski definition) is 2. The molecule has 0 N–H and O–H groups in total. The number of fused-ring (bicyclic) bond motifs is 14. The molecule has 1 spiro atoms. The summed E-state index contributed by atoms with van der Waals surface area (Å²) in [5.41, 5.74) is 10.4. The number of benzene rings is 8. The Bertz CT molecular complexity index is 2830. The minimum absolute atomic E-state index is 0.752. The normalized spacial score (nSPS) is 13.7. The van der Waals surface area contributed by atoms with E-state index in [0.717, 1.165) is 56.6 Å². The van der Waals surface area contributed by atoms with Crippen molar-refractivity contribution in [3.8, 4) is 34.4 Å². The topological polar surface area (TPSA) is 28.3 Å². The molecule has 0 atom stereocenters. The number of rotatable bonds is 2. The minimum Gasteiger partial charge on any atom is -0.457 e. The van der Waals surface area contributed by atoms with Crippen LogP contribution in [0.1, 0.15) is 22.3 Å². The average molecular weight is 679 g/mol. The largest absolute Gasteiger partial charge is 0.457 e. The van der Waals surface area contributed by atoms with E-state index in [4.69, 9.17) is 9.47 Å². The van der Waals surface area contributed by atoms with Gasteiger partial charge in [-0.1, -0.05) is 109 Å². The van der Waals surface area contributed by atoms with Crippen LogP contribution in [0.5, 0.6) is 23.0 Å². The molecule has 0 saturated heterocycles. The molecule has 8 aromatic carbocycles. The van der Waals surface area contributed by atoms with E-state index in [1.54, 1.807) is 0 Å². The van der Waals surface area contributed by atoms with Crippen molar-refractivity contribution in [2.75, 3.05) is 0 Å². The Morgan fingerprint density at radius 3 is 1.02 bits per heavy atom. The SMILES string of the molecule is c1ccc2c(c1)Oc1ccccc1C21c2cc(-n3c4ccccc4c4ccccc43)ccc2Oc2ccc(-n3c4ccccc4c4ccccc43)cc21. The van der Waals surface area contributed by atoms with Crippen molar-refractivity contribution in [2.45, 2.75) is 5.41 Å². The Morgan fingerprint density at radius 1 is 0.302 bits per heavy atom. The van der Waals surface area contributed by atoms with Gasteiger partial charge in [0.25, 0.3) is 0 Å². The highest BCUT2D eigenvalue weighted by molar-refractivity contribution is 6.10. The third-order valence-electron chi connectivity index (χ3n) is 11.4. The molecule has 248 valence electrons. The molecule has 0 saturated carbocycles. The summed E-state index contributed by atoms with van der Waals surface area (Å²) in [4.78, 5) is 0. The molecule has 2 aliphatic rings. The summed E-state index contributed by atoms with van der Waals surface area (Å²) in [7, 11) is 0. The molecule has 0 bridgehead atoms. The molecule has 4 heteroatoms. The van der Waals surface area contributed by atoms with Crippen molar-refractivity contribution < 1.29 is 9.47 Å². The number of ether oxygens (including phenoxy) is 2. The molecule has 0 fully saturated rings. The van der Waals surface area contributed by atoms with Gasteiger partial charge in [-0.05, 0) is 72.8 Å². The first-order valence-electron chi connectivity index (χ1n) is 18.1. The molecule has 4 nitrogen and oxygen atoms in total. The quantitative estimate of drug-likeness (QED) is 0.182. The lowest BCUT2D eigenvalue weighted by atomic mass is 9.62. The molecule has 2 aromatic heterocycles. The van der Waals surface area contributed by atoms with E-state index < -0.39 is 5.41 Å². The third kappa shape index (κ3) is 3.74. The molecule has 0 aliphatic carbocycles. The van der Waals surface area contributed by atoms with Crippen LogP contribution in [-0.4, -0.2) is 9.13 Å². The van der Waals surface area contributed by atoms with Crippen molar-refractivity contribution in [2.24, 2.45) is 0 Å². The number of para-hydroxylation sites is 6. The zero-order valence-electron chi connectivity index (χ0n) is 28.5. The van der Waals surface area contributed by atoms with Crippen LogP contribution in [0.25, 0.3) is 55.0 Å². The maximum absolute atomic E-state index is 6.97.